The average molecular weight is 497 g/mol. The number of aromatic nitrogens is 2. The van der Waals surface area contributed by atoms with Crippen LogP contribution in [-0.2, 0) is 16.1 Å². The molecule has 37 heavy (non-hydrogen) atoms. The van der Waals surface area contributed by atoms with Crippen molar-refractivity contribution in [3.05, 3.63) is 71.8 Å². The van der Waals surface area contributed by atoms with E-state index in [1.165, 1.54) is 32.1 Å². The lowest BCUT2D eigenvalue weighted by Crippen LogP contribution is -2.29. The van der Waals surface area contributed by atoms with Gasteiger partial charge in [-0.25, -0.2) is 9.78 Å². The summed E-state index contributed by atoms with van der Waals surface area (Å²) in [5.41, 5.74) is 6.46. The maximum Gasteiger partial charge on any atom is 0.343 e. The quantitative estimate of drug-likeness (QED) is 0.381. The SMILES string of the molecule is COC(=O)COc1ccc(-c2nc3cc(N4Cc5cc(N6CCCCC6)ccc5C4=O)ccc3[nH]2)cc1. The van der Waals surface area contributed by atoms with Crippen LogP contribution in [0.5, 0.6) is 5.75 Å². The first-order valence-electron chi connectivity index (χ1n) is 12.6. The van der Waals surface area contributed by atoms with E-state index in [9.17, 15) is 9.59 Å². The summed E-state index contributed by atoms with van der Waals surface area (Å²) in [5.74, 6) is 0.883. The second-order valence-electron chi connectivity index (χ2n) is 9.46. The molecule has 1 N–H and O–H groups in total. The van der Waals surface area contributed by atoms with Crippen LogP contribution in [0.2, 0.25) is 0 Å². The van der Waals surface area contributed by atoms with Gasteiger partial charge in [-0.1, -0.05) is 0 Å². The van der Waals surface area contributed by atoms with Crippen molar-refractivity contribution in [3.63, 3.8) is 0 Å². The van der Waals surface area contributed by atoms with E-state index < -0.39 is 5.97 Å². The molecule has 8 nitrogen and oxygen atoms in total. The van der Waals surface area contributed by atoms with Gasteiger partial charge in [-0.05, 0) is 85.5 Å². The predicted molar refractivity (Wildman–Crippen MR) is 142 cm³/mol. The molecule has 6 rings (SSSR count). The monoisotopic (exact) mass is 496 g/mol. The molecular formula is C29H28N4O4. The maximum atomic E-state index is 13.2. The summed E-state index contributed by atoms with van der Waals surface area (Å²) < 4.78 is 10.0. The number of imidazole rings is 1. The summed E-state index contributed by atoms with van der Waals surface area (Å²) in [7, 11) is 1.33. The fourth-order valence-electron chi connectivity index (χ4n) is 5.07. The summed E-state index contributed by atoms with van der Waals surface area (Å²) in [5, 5.41) is 0. The molecule has 0 spiro atoms. The number of carbonyl (C=O) groups is 2. The molecule has 1 aromatic heterocycles. The molecule has 4 aromatic rings. The van der Waals surface area contributed by atoms with Crippen LogP contribution in [-0.4, -0.2) is 48.7 Å². The molecule has 0 radical (unpaired) electrons. The van der Waals surface area contributed by atoms with Gasteiger partial charge in [-0.2, -0.15) is 0 Å². The highest BCUT2D eigenvalue weighted by atomic mass is 16.6. The number of anilines is 2. The number of amides is 1. The van der Waals surface area contributed by atoms with E-state index in [4.69, 9.17) is 9.72 Å². The molecule has 1 fully saturated rings. The predicted octanol–water partition coefficient (Wildman–Crippen LogP) is 4.93. The zero-order chi connectivity index (χ0) is 25.4. The average Bonchev–Trinajstić information content (AvgIpc) is 3.52. The molecule has 3 heterocycles. The molecule has 1 saturated heterocycles. The van der Waals surface area contributed by atoms with Gasteiger partial charge >= 0.3 is 5.97 Å². The van der Waals surface area contributed by atoms with E-state index in [0.29, 0.717) is 18.1 Å². The van der Waals surface area contributed by atoms with E-state index >= 15 is 0 Å². The smallest absolute Gasteiger partial charge is 0.343 e. The van der Waals surface area contributed by atoms with E-state index in [1.807, 2.05) is 41.3 Å². The number of nitrogens with one attached hydrogen (secondary N) is 1. The Morgan fingerprint density at radius 2 is 1.76 bits per heavy atom. The van der Waals surface area contributed by atoms with Crippen LogP contribution in [0.4, 0.5) is 11.4 Å². The Morgan fingerprint density at radius 3 is 2.54 bits per heavy atom. The molecule has 188 valence electrons. The van der Waals surface area contributed by atoms with Crippen LogP contribution in [0.1, 0.15) is 35.2 Å². The summed E-state index contributed by atoms with van der Waals surface area (Å²) in [6.45, 7) is 2.59. The Kier molecular flexibility index (Phi) is 6.00. The first-order chi connectivity index (χ1) is 18.1. The van der Waals surface area contributed by atoms with Crippen LogP contribution < -0.4 is 14.5 Å². The topological polar surface area (TPSA) is 87.8 Å². The van der Waals surface area contributed by atoms with Gasteiger partial charge in [-0.3, -0.25) is 4.79 Å². The molecule has 0 saturated carbocycles. The highest BCUT2D eigenvalue weighted by molar-refractivity contribution is 6.10. The van der Waals surface area contributed by atoms with Crippen molar-refractivity contribution in [3.8, 4) is 17.1 Å². The van der Waals surface area contributed by atoms with Gasteiger partial charge in [-0.15, -0.1) is 0 Å². The third-order valence-electron chi connectivity index (χ3n) is 7.10. The Labute approximate surface area is 214 Å². The van der Waals surface area contributed by atoms with Crippen LogP contribution in [0.15, 0.2) is 60.7 Å². The van der Waals surface area contributed by atoms with Crippen LogP contribution in [0.25, 0.3) is 22.4 Å². The fraction of sp³-hybridized carbons (Fsp3) is 0.276. The molecule has 0 atom stereocenters. The summed E-state index contributed by atoms with van der Waals surface area (Å²) in [4.78, 5) is 36.9. The molecule has 2 aliphatic heterocycles. The van der Waals surface area contributed by atoms with Gasteiger partial charge < -0.3 is 24.3 Å². The highest BCUT2D eigenvalue weighted by Crippen LogP contribution is 2.33. The largest absolute Gasteiger partial charge is 0.482 e. The number of rotatable bonds is 6. The van der Waals surface area contributed by atoms with Gasteiger partial charge in [0.15, 0.2) is 6.61 Å². The minimum Gasteiger partial charge on any atom is -0.482 e. The van der Waals surface area contributed by atoms with Crippen LogP contribution >= 0.6 is 0 Å². The molecular weight excluding hydrogens is 468 g/mol. The first-order valence-corrected chi connectivity index (χ1v) is 12.6. The zero-order valence-corrected chi connectivity index (χ0v) is 20.7. The number of piperidine rings is 1. The second kappa shape index (κ2) is 9.61. The van der Waals surface area contributed by atoms with Gasteiger partial charge in [0.1, 0.15) is 11.6 Å². The van der Waals surface area contributed by atoms with E-state index in [0.717, 1.165) is 46.5 Å². The minimum atomic E-state index is -0.431. The van der Waals surface area contributed by atoms with Crippen molar-refractivity contribution in [2.45, 2.75) is 25.8 Å². The van der Waals surface area contributed by atoms with Crippen molar-refractivity contribution in [1.82, 2.24) is 9.97 Å². The van der Waals surface area contributed by atoms with Crippen LogP contribution in [0.3, 0.4) is 0 Å². The van der Waals surface area contributed by atoms with Crippen molar-refractivity contribution in [2.24, 2.45) is 0 Å². The standard InChI is InChI=1S/C29H28N4O4/c1-36-27(34)18-37-23-9-5-19(6-10-23)28-30-25-12-8-22(16-26(25)31-28)33-17-20-15-21(7-11-24(20)29(33)35)32-13-3-2-4-14-32/h5-12,15-16H,2-4,13-14,17-18H2,1H3,(H,30,31). The Balaban J connectivity index is 1.20. The third-order valence-corrected chi connectivity index (χ3v) is 7.10. The number of benzene rings is 3. The lowest BCUT2D eigenvalue weighted by molar-refractivity contribution is -0.142. The summed E-state index contributed by atoms with van der Waals surface area (Å²) >= 11 is 0. The fourth-order valence-corrected chi connectivity index (χ4v) is 5.07. The molecule has 2 aliphatic rings. The van der Waals surface area contributed by atoms with Crippen molar-refractivity contribution >= 4 is 34.3 Å². The third kappa shape index (κ3) is 4.50. The normalized spacial score (nSPS) is 15.2. The Hall–Kier alpha value is -4.33. The lowest BCUT2D eigenvalue weighted by Gasteiger charge is -2.29. The molecule has 0 unspecified atom stereocenters. The lowest BCUT2D eigenvalue weighted by atomic mass is 10.1. The molecule has 0 bridgehead atoms. The number of fused-ring (bicyclic) bond motifs is 2. The van der Waals surface area contributed by atoms with E-state index in [-0.39, 0.29) is 12.5 Å². The number of ether oxygens (including phenoxy) is 2. The molecule has 0 aliphatic carbocycles. The molecule has 1 amide bonds. The van der Waals surface area contributed by atoms with Crippen molar-refractivity contribution < 1.29 is 19.1 Å². The number of H-pyrrole nitrogens is 1. The zero-order valence-electron chi connectivity index (χ0n) is 20.7. The number of hydrogen-bond acceptors (Lipinski definition) is 6. The number of methoxy groups -OCH3 is 1. The maximum absolute atomic E-state index is 13.2. The van der Waals surface area contributed by atoms with Crippen LogP contribution in [0, 0.1) is 0 Å². The van der Waals surface area contributed by atoms with Gasteiger partial charge in [0.25, 0.3) is 5.91 Å². The van der Waals surface area contributed by atoms with Gasteiger partial charge in [0.05, 0.1) is 24.7 Å². The van der Waals surface area contributed by atoms with Crippen molar-refractivity contribution in [2.75, 3.05) is 36.6 Å². The summed E-state index contributed by atoms with van der Waals surface area (Å²) in [6, 6.07) is 19.5. The first kappa shape index (κ1) is 23.1. The number of esters is 1. The number of nitrogens with zero attached hydrogens (tertiary/aromatic N) is 3. The number of carbonyl (C=O) groups excluding carboxylic acids is 2. The van der Waals surface area contributed by atoms with E-state index in [1.54, 1.807) is 12.1 Å². The number of aromatic amines is 1. The Bertz CT molecular complexity index is 1470. The van der Waals surface area contributed by atoms with E-state index in [2.05, 4.69) is 26.8 Å². The Morgan fingerprint density at radius 1 is 0.973 bits per heavy atom. The van der Waals surface area contributed by atoms with Crippen molar-refractivity contribution in [1.29, 1.82) is 0 Å². The number of hydrogen-bond donors (Lipinski definition) is 1. The molecule has 3 aromatic carbocycles. The van der Waals surface area contributed by atoms with Gasteiger partial charge in [0, 0.05) is 35.6 Å². The van der Waals surface area contributed by atoms with Gasteiger partial charge in [0.2, 0.25) is 0 Å². The highest BCUT2D eigenvalue weighted by Gasteiger charge is 2.29. The minimum absolute atomic E-state index is 0.0258. The summed E-state index contributed by atoms with van der Waals surface area (Å²) in [6.07, 6.45) is 3.74. The second-order valence-corrected chi connectivity index (χ2v) is 9.46. The molecule has 8 heteroatoms.